The SMILES string of the molecule is CC(O)C(=O)c1ccccc1C(=O)O. The van der Waals surface area contributed by atoms with Gasteiger partial charge in [0.05, 0.1) is 5.56 Å². The molecule has 4 heteroatoms. The molecule has 0 fully saturated rings. The van der Waals surface area contributed by atoms with Crippen molar-refractivity contribution in [3.63, 3.8) is 0 Å². The summed E-state index contributed by atoms with van der Waals surface area (Å²) in [6, 6.07) is 5.81. The lowest BCUT2D eigenvalue weighted by Crippen LogP contribution is -2.19. The molecule has 2 N–H and O–H groups in total. The van der Waals surface area contributed by atoms with E-state index in [1.54, 1.807) is 6.07 Å². The summed E-state index contributed by atoms with van der Waals surface area (Å²) >= 11 is 0. The number of carboxylic acids is 1. The van der Waals surface area contributed by atoms with Crippen molar-refractivity contribution >= 4 is 11.8 Å². The topological polar surface area (TPSA) is 74.6 Å². The molecule has 74 valence electrons. The number of Topliss-reactive ketones (excluding diaryl/α,β-unsaturated/α-hetero) is 1. The predicted octanol–water partition coefficient (Wildman–Crippen LogP) is 0.948. The summed E-state index contributed by atoms with van der Waals surface area (Å²) in [5.74, 6) is -1.75. The van der Waals surface area contributed by atoms with E-state index in [9.17, 15) is 9.59 Å². The Morgan fingerprint density at radius 3 is 2.14 bits per heavy atom. The van der Waals surface area contributed by atoms with Gasteiger partial charge >= 0.3 is 5.97 Å². The van der Waals surface area contributed by atoms with Crippen LogP contribution in [0.2, 0.25) is 0 Å². The van der Waals surface area contributed by atoms with Crippen molar-refractivity contribution in [1.82, 2.24) is 0 Å². The van der Waals surface area contributed by atoms with Gasteiger partial charge in [0.15, 0.2) is 5.78 Å². The average Bonchev–Trinajstić information content (AvgIpc) is 2.16. The fourth-order valence-corrected chi connectivity index (χ4v) is 1.11. The number of aliphatic hydroxyl groups is 1. The number of benzene rings is 1. The fourth-order valence-electron chi connectivity index (χ4n) is 1.11. The van der Waals surface area contributed by atoms with E-state index in [0.29, 0.717) is 0 Å². The van der Waals surface area contributed by atoms with Crippen LogP contribution in [0, 0.1) is 0 Å². The van der Waals surface area contributed by atoms with Crippen molar-refractivity contribution in [2.75, 3.05) is 0 Å². The summed E-state index contributed by atoms with van der Waals surface area (Å²) < 4.78 is 0. The molecule has 0 aliphatic carbocycles. The molecule has 0 radical (unpaired) electrons. The standard InChI is InChI=1S/C10H10O4/c1-6(11)9(12)7-4-2-3-5-8(7)10(13)14/h2-6,11H,1H3,(H,13,14). The second kappa shape index (κ2) is 4.02. The van der Waals surface area contributed by atoms with Crippen LogP contribution in [-0.2, 0) is 0 Å². The third-order valence-electron chi connectivity index (χ3n) is 1.80. The Hall–Kier alpha value is -1.68. The Morgan fingerprint density at radius 1 is 1.21 bits per heavy atom. The molecule has 1 aromatic rings. The first-order chi connectivity index (χ1) is 6.54. The Bertz CT molecular complexity index is 368. The van der Waals surface area contributed by atoms with Crippen LogP contribution in [0.5, 0.6) is 0 Å². The van der Waals surface area contributed by atoms with Gasteiger partial charge in [0.2, 0.25) is 0 Å². The molecule has 1 unspecified atom stereocenters. The molecule has 0 saturated carbocycles. The van der Waals surface area contributed by atoms with Gasteiger partial charge in [-0.3, -0.25) is 4.79 Å². The summed E-state index contributed by atoms with van der Waals surface area (Å²) in [5.41, 5.74) is -0.0478. The van der Waals surface area contributed by atoms with Crippen molar-refractivity contribution in [2.24, 2.45) is 0 Å². The number of hydrogen-bond donors (Lipinski definition) is 2. The average molecular weight is 194 g/mol. The van der Waals surface area contributed by atoms with E-state index in [0.717, 1.165) is 0 Å². The molecular formula is C10H10O4. The van der Waals surface area contributed by atoms with Crippen LogP contribution >= 0.6 is 0 Å². The smallest absolute Gasteiger partial charge is 0.336 e. The predicted molar refractivity (Wildman–Crippen MR) is 49.4 cm³/mol. The highest BCUT2D eigenvalue weighted by Gasteiger charge is 2.18. The lowest BCUT2D eigenvalue weighted by Gasteiger charge is -2.06. The zero-order valence-corrected chi connectivity index (χ0v) is 7.60. The number of carbonyl (C=O) groups is 2. The molecule has 0 aliphatic rings. The molecule has 0 spiro atoms. The number of aliphatic hydroxyl groups excluding tert-OH is 1. The number of rotatable bonds is 3. The summed E-state index contributed by atoms with van der Waals surface area (Å²) in [7, 11) is 0. The second-order valence-corrected chi connectivity index (χ2v) is 2.89. The van der Waals surface area contributed by atoms with Gasteiger partial charge < -0.3 is 10.2 Å². The number of hydrogen-bond acceptors (Lipinski definition) is 3. The molecule has 14 heavy (non-hydrogen) atoms. The van der Waals surface area contributed by atoms with E-state index in [2.05, 4.69) is 0 Å². The Labute approximate surface area is 80.8 Å². The Kier molecular flexibility index (Phi) is 2.99. The molecule has 0 aliphatic heterocycles. The number of carboxylic acid groups (broad SMARTS) is 1. The van der Waals surface area contributed by atoms with Crippen molar-refractivity contribution in [2.45, 2.75) is 13.0 Å². The van der Waals surface area contributed by atoms with Crippen LogP contribution in [0.3, 0.4) is 0 Å². The van der Waals surface area contributed by atoms with Crippen molar-refractivity contribution < 1.29 is 19.8 Å². The van der Waals surface area contributed by atoms with Crippen molar-refractivity contribution in [1.29, 1.82) is 0 Å². The van der Waals surface area contributed by atoms with Gasteiger partial charge in [-0.1, -0.05) is 18.2 Å². The van der Waals surface area contributed by atoms with E-state index in [1.165, 1.54) is 25.1 Å². The van der Waals surface area contributed by atoms with Gasteiger partial charge in [-0.15, -0.1) is 0 Å². The summed E-state index contributed by atoms with van der Waals surface area (Å²) in [5, 5.41) is 17.8. The summed E-state index contributed by atoms with van der Waals surface area (Å²) in [6.07, 6.45) is -1.18. The molecule has 0 bridgehead atoms. The second-order valence-electron chi connectivity index (χ2n) is 2.89. The highest BCUT2D eigenvalue weighted by Crippen LogP contribution is 2.11. The van der Waals surface area contributed by atoms with Gasteiger partial charge in [-0.2, -0.15) is 0 Å². The maximum Gasteiger partial charge on any atom is 0.336 e. The summed E-state index contributed by atoms with van der Waals surface area (Å²) in [6.45, 7) is 1.31. The Balaban J connectivity index is 3.20. The van der Waals surface area contributed by atoms with Crippen LogP contribution < -0.4 is 0 Å². The van der Waals surface area contributed by atoms with E-state index >= 15 is 0 Å². The van der Waals surface area contributed by atoms with Crippen LogP contribution in [-0.4, -0.2) is 28.1 Å². The van der Waals surface area contributed by atoms with Crippen LogP contribution in [0.4, 0.5) is 0 Å². The third kappa shape index (κ3) is 1.97. The molecule has 1 atom stereocenters. The van der Waals surface area contributed by atoms with Gasteiger partial charge in [-0.05, 0) is 13.0 Å². The Morgan fingerprint density at radius 2 is 1.71 bits per heavy atom. The number of carbonyl (C=O) groups excluding carboxylic acids is 1. The molecule has 4 nitrogen and oxygen atoms in total. The molecule has 0 aromatic heterocycles. The first kappa shape index (κ1) is 10.4. The molecule has 1 rings (SSSR count). The molecular weight excluding hydrogens is 184 g/mol. The van der Waals surface area contributed by atoms with Crippen LogP contribution in [0.15, 0.2) is 24.3 Å². The monoisotopic (exact) mass is 194 g/mol. The molecule has 0 saturated heterocycles. The minimum absolute atomic E-state index is 0.0370. The molecule has 0 heterocycles. The van der Waals surface area contributed by atoms with Crippen molar-refractivity contribution in [3.8, 4) is 0 Å². The zero-order valence-electron chi connectivity index (χ0n) is 7.60. The molecule has 0 amide bonds. The largest absolute Gasteiger partial charge is 0.478 e. The first-order valence-electron chi connectivity index (χ1n) is 4.08. The number of aromatic carboxylic acids is 1. The quantitative estimate of drug-likeness (QED) is 0.702. The van der Waals surface area contributed by atoms with E-state index in [4.69, 9.17) is 10.2 Å². The van der Waals surface area contributed by atoms with Gasteiger partial charge in [0.1, 0.15) is 6.10 Å². The maximum atomic E-state index is 11.4. The van der Waals surface area contributed by atoms with Crippen LogP contribution in [0.1, 0.15) is 27.6 Å². The van der Waals surface area contributed by atoms with Crippen molar-refractivity contribution in [3.05, 3.63) is 35.4 Å². The minimum atomic E-state index is -1.18. The summed E-state index contributed by atoms with van der Waals surface area (Å²) in [4.78, 5) is 22.1. The van der Waals surface area contributed by atoms with Crippen LogP contribution in [0.25, 0.3) is 0 Å². The van der Waals surface area contributed by atoms with E-state index in [1.807, 2.05) is 0 Å². The highest BCUT2D eigenvalue weighted by atomic mass is 16.4. The molecule has 1 aromatic carbocycles. The minimum Gasteiger partial charge on any atom is -0.478 e. The zero-order chi connectivity index (χ0) is 10.7. The third-order valence-corrected chi connectivity index (χ3v) is 1.80. The highest BCUT2D eigenvalue weighted by molar-refractivity contribution is 6.07. The lowest BCUT2D eigenvalue weighted by molar-refractivity contribution is 0.0682. The lowest BCUT2D eigenvalue weighted by atomic mass is 10.0. The normalized spacial score (nSPS) is 12.1. The van der Waals surface area contributed by atoms with Gasteiger partial charge in [-0.25, -0.2) is 4.79 Å². The van der Waals surface area contributed by atoms with E-state index < -0.39 is 17.9 Å². The van der Waals surface area contributed by atoms with E-state index in [-0.39, 0.29) is 11.1 Å². The van der Waals surface area contributed by atoms with Gasteiger partial charge in [0.25, 0.3) is 0 Å². The first-order valence-corrected chi connectivity index (χ1v) is 4.08. The maximum absolute atomic E-state index is 11.4. The fraction of sp³-hybridized carbons (Fsp3) is 0.200. The van der Waals surface area contributed by atoms with Gasteiger partial charge in [0, 0.05) is 5.56 Å². The number of ketones is 1.